The summed E-state index contributed by atoms with van der Waals surface area (Å²) in [6.07, 6.45) is 0. The van der Waals surface area contributed by atoms with Crippen LogP contribution in [0.3, 0.4) is 0 Å². The number of thiol groups is 1. The highest BCUT2D eigenvalue weighted by Gasteiger charge is 1.85. The molecule has 0 aromatic heterocycles. The van der Waals surface area contributed by atoms with E-state index in [-0.39, 0.29) is 0 Å². The Hall–Kier alpha value is -0.340. The fourth-order valence-corrected chi connectivity index (χ4v) is 0.799. The van der Waals surface area contributed by atoms with E-state index >= 15 is 0 Å². The summed E-state index contributed by atoms with van der Waals surface area (Å²) >= 11 is 9.47. The molecule has 1 aromatic rings. The van der Waals surface area contributed by atoms with Gasteiger partial charge in [0.1, 0.15) is 0 Å². The lowest BCUT2D eigenvalue weighted by atomic mass is 10.3. The Morgan fingerprint density at radius 2 is 1.78 bits per heavy atom. The first kappa shape index (κ1) is 6.78. The van der Waals surface area contributed by atoms with Crippen molar-refractivity contribution in [3.05, 3.63) is 29.3 Å². The third kappa shape index (κ3) is 1.80. The lowest BCUT2D eigenvalue weighted by Crippen LogP contribution is -1.76. The Kier molecular flexibility index (Phi) is 2.25. The monoisotopic (exact) mass is 159 g/mol. The fraction of sp³-hybridized carbons (Fsp3) is 0. The molecule has 1 aromatic carbocycles. The van der Waals surface area contributed by atoms with Crippen molar-refractivity contribution in [2.45, 2.75) is 0 Å². The molecule has 0 atom stereocenters. The Morgan fingerprint density at radius 1 is 1.22 bits per heavy atom. The van der Waals surface area contributed by atoms with Crippen molar-refractivity contribution < 1.29 is 0 Å². The van der Waals surface area contributed by atoms with Gasteiger partial charge in [-0.2, -0.15) is 0 Å². The summed E-state index contributed by atoms with van der Waals surface area (Å²) in [5.74, 6) is 0. The van der Waals surface area contributed by atoms with E-state index in [1.165, 1.54) is 0 Å². The van der Waals surface area contributed by atoms with Gasteiger partial charge in [-0.3, -0.25) is 0 Å². The van der Waals surface area contributed by atoms with Gasteiger partial charge in [0.2, 0.25) is 0 Å². The Balaban J connectivity index is 2.88. The van der Waals surface area contributed by atoms with Crippen molar-refractivity contribution in [2.75, 3.05) is 4.72 Å². The topological polar surface area (TPSA) is 12.0 Å². The molecule has 9 heavy (non-hydrogen) atoms. The molecule has 0 saturated heterocycles. The smallest absolute Gasteiger partial charge is 0.0438 e. The van der Waals surface area contributed by atoms with Crippen molar-refractivity contribution in [3.63, 3.8) is 0 Å². The molecule has 48 valence electrons. The number of benzene rings is 1. The van der Waals surface area contributed by atoms with Crippen molar-refractivity contribution >= 4 is 30.1 Å². The molecule has 1 N–H and O–H groups in total. The maximum Gasteiger partial charge on any atom is 0.0438 e. The molecule has 0 saturated carbocycles. The first-order valence-corrected chi connectivity index (χ1v) is 3.31. The van der Waals surface area contributed by atoms with Crippen LogP contribution in [0, 0.1) is 0 Å². The van der Waals surface area contributed by atoms with E-state index in [9.17, 15) is 0 Å². The Bertz CT molecular complexity index is 185. The molecule has 1 nitrogen and oxygen atoms in total. The van der Waals surface area contributed by atoms with Gasteiger partial charge >= 0.3 is 0 Å². The predicted molar refractivity (Wildman–Crippen MR) is 44.1 cm³/mol. The fourth-order valence-electron chi connectivity index (χ4n) is 0.524. The van der Waals surface area contributed by atoms with E-state index in [0.717, 1.165) is 10.7 Å². The van der Waals surface area contributed by atoms with Gasteiger partial charge in [0.25, 0.3) is 0 Å². The third-order valence-corrected chi connectivity index (χ3v) is 1.48. The summed E-state index contributed by atoms with van der Waals surface area (Å²) < 4.78 is 2.69. The highest BCUT2D eigenvalue weighted by molar-refractivity contribution is 7.81. The van der Waals surface area contributed by atoms with Crippen molar-refractivity contribution in [3.8, 4) is 0 Å². The quantitative estimate of drug-likeness (QED) is 0.601. The summed E-state index contributed by atoms with van der Waals surface area (Å²) in [6.45, 7) is 0. The standard InChI is InChI=1S/C6H6ClNS/c7-5-1-3-6(8-9)4-2-5/h1-4,8-9H. The number of halogens is 1. The largest absolute Gasteiger partial charge is 0.332 e. The van der Waals surface area contributed by atoms with E-state index in [4.69, 9.17) is 11.6 Å². The summed E-state index contributed by atoms with van der Waals surface area (Å²) in [4.78, 5) is 0. The molecule has 0 aliphatic carbocycles. The van der Waals surface area contributed by atoms with Crippen molar-refractivity contribution in [2.24, 2.45) is 0 Å². The van der Waals surface area contributed by atoms with Gasteiger partial charge in [0.05, 0.1) is 0 Å². The first-order valence-electron chi connectivity index (χ1n) is 2.48. The molecule has 0 aliphatic heterocycles. The average molecular weight is 160 g/mol. The highest BCUT2D eigenvalue weighted by Crippen LogP contribution is 2.13. The summed E-state index contributed by atoms with van der Waals surface area (Å²) in [6, 6.07) is 7.32. The minimum atomic E-state index is 0.738. The third-order valence-electron chi connectivity index (χ3n) is 0.973. The lowest BCUT2D eigenvalue weighted by molar-refractivity contribution is 1.69. The summed E-state index contributed by atoms with van der Waals surface area (Å²) in [5.41, 5.74) is 0.947. The summed E-state index contributed by atoms with van der Waals surface area (Å²) in [5, 5.41) is 0.738. The van der Waals surface area contributed by atoms with E-state index in [1.54, 1.807) is 12.1 Å². The van der Waals surface area contributed by atoms with Gasteiger partial charge in [0, 0.05) is 10.7 Å². The second kappa shape index (κ2) is 2.99. The SMILES string of the molecule is SNc1ccc(Cl)cc1. The van der Waals surface area contributed by atoms with Gasteiger partial charge in [-0.15, -0.1) is 0 Å². The molecular formula is C6H6ClNS. The number of hydrogen-bond acceptors (Lipinski definition) is 2. The van der Waals surface area contributed by atoms with Crippen LogP contribution < -0.4 is 4.72 Å². The van der Waals surface area contributed by atoms with E-state index in [1.807, 2.05) is 12.1 Å². The van der Waals surface area contributed by atoms with Crippen molar-refractivity contribution in [1.29, 1.82) is 0 Å². The highest BCUT2D eigenvalue weighted by atomic mass is 35.5. The Morgan fingerprint density at radius 3 is 2.22 bits per heavy atom. The van der Waals surface area contributed by atoms with Crippen LogP contribution in [-0.2, 0) is 0 Å². The van der Waals surface area contributed by atoms with Gasteiger partial charge in [0.15, 0.2) is 0 Å². The second-order valence-corrected chi connectivity index (χ2v) is 2.28. The molecule has 3 heteroatoms. The average Bonchev–Trinajstić information content (AvgIpc) is 1.90. The molecule has 0 radical (unpaired) electrons. The van der Waals surface area contributed by atoms with Crippen LogP contribution in [0.5, 0.6) is 0 Å². The van der Waals surface area contributed by atoms with Gasteiger partial charge in [-0.1, -0.05) is 24.4 Å². The van der Waals surface area contributed by atoms with Crippen LogP contribution in [0.4, 0.5) is 5.69 Å². The van der Waals surface area contributed by atoms with Gasteiger partial charge in [-0.25, -0.2) is 0 Å². The molecular weight excluding hydrogens is 154 g/mol. The zero-order chi connectivity index (χ0) is 6.69. The maximum absolute atomic E-state index is 5.62. The van der Waals surface area contributed by atoms with E-state index in [0.29, 0.717) is 0 Å². The molecule has 0 amide bonds. The molecule has 0 bridgehead atoms. The molecule has 0 heterocycles. The van der Waals surface area contributed by atoms with Gasteiger partial charge in [-0.05, 0) is 24.3 Å². The van der Waals surface area contributed by atoms with Crippen molar-refractivity contribution in [1.82, 2.24) is 0 Å². The predicted octanol–water partition coefficient (Wildman–Crippen LogP) is 2.60. The van der Waals surface area contributed by atoms with Crippen LogP contribution in [0.15, 0.2) is 24.3 Å². The number of rotatable bonds is 1. The van der Waals surface area contributed by atoms with E-state index < -0.39 is 0 Å². The normalized spacial score (nSPS) is 9.11. The van der Waals surface area contributed by atoms with Gasteiger partial charge < -0.3 is 4.72 Å². The maximum atomic E-state index is 5.62. The van der Waals surface area contributed by atoms with Crippen LogP contribution in [-0.4, -0.2) is 0 Å². The number of hydrogen-bond donors (Lipinski definition) is 2. The van der Waals surface area contributed by atoms with Crippen LogP contribution in [0.25, 0.3) is 0 Å². The van der Waals surface area contributed by atoms with Crippen LogP contribution >= 0.6 is 24.4 Å². The second-order valence-electron chi connectivity index (χ2n) is 1.62. The van der Waals surface area contributed by atoms with Crippen LogP contribution in [0.1, 0.15) is 0 Å². The minimum absolute atomic E-state index is 0.738. The number of nitrogens with one attached hydrogen (secondary N) is 1. The van der Waals surface area contributed by atoms with E-state index in [2.05, 4.69) is 17.5 Å². The molecule has 1 rings (SSSR count). The summed E-state index contributed by atoms with van der Waals surface area (Å²) in [7, 11) is 0. The number of anilines is 1. The van der Waals surface area contributed by atoms with Crippen LogP contribution in [0.2, 0.25) is 5.02 Å². The molecule has 0 spiro atoms. The molecule has 0 fully saturated rings. The Labute approximate surface area is 64.6 Å². The zero-order valence-corrected chi connectivity index (χ0v) is 6.28. The molecule has 0 aliphatic rings. The zero-order valence-electron chi connectivity index (χ0n) is 4.63. The molecule has 0 unspecified atom stereocenters. The lowest BCUT2D eigenvalue weighted by Gasteiger charge is -1.95. The first-order chi connectivity index (χ1) is 4.33. The minimum Gasteiger partial charge on any atom is -0.332 e.